The minimum absolute atomic E-state index is 0.0931. The van der Waals surface area contributed by atoms with Crippen LogP contribution in [-0.4, -0.2) is 11.0 Å². The predicted molar refractivity (Wildman–Crippen MR) is 80.9 cm³/mol. The molecule has 2 heterocycles. The summed E-state index contributed by atoms with van der Waals surface area (Å²) in [5.74, 6) is -0.302. The van der Waals surface area contributed by atoms with Gasteiger partial charge < -0.3 is 5.32 Å². The fourth-order valence-electron chi connectivity index (χ4n) is 1.90. The van der Waals surface area contributed by atoms with Crippen molar-refractivity contribution in [1.82, 2.24) is 10.3 Å². The molecule has 0 aliphatic heterocycles. The Morgan fingerprint density at radius 2 is 2.16 bits per heavy atom. The van der Waals surface area contributed by atoms with Gasteiger partial charge in [0.05, 0.1) is 17.9 Å². The number of thiophene rings is 1. The molecule has 0 bridgehead atoms. The van der Waals surface area contributed by atoms with Crippen LogP contribution in [0.2, 0.25) is 0 Å². The summed E-state index contributed by atoms with van der Waals surface area (Å²) in [5.41, 5.74) is 0.871. The van der Waals surface area contributed by atoms with Crippen molar-refractivity contribution < 1.29 is 4.39 Å². The second-order valence-electron chi connectivity index (χ2n) is 4.67. The van der Waals surface area contributed by atoms with E-state index in [1.165, 1.54) is 17.1 Å². The highest BCUT2D eigenvalue weighted by Gasteiger charge is 2.17. The van der Waals surface area contributed by atoms with Crippen LogP contribution in [0.5, 0.6) is 0 Å². The molecular weight excluding hydrogens is 327 g/mol. The van der Waals surface area contributed by atoms with Crippen molar-refractivity contribution in [3.8, 4) is 0 Å². The van der Waals surface area contributed by atoms with Gasteiger partial charge in [-0.3, -0.25) is 4.98 Å². The first-order valence-electron chi connectivity index (χ1n) is 6.15. The summed E-state index contributed by atoms with van der Waals surface area (Å²) in [7, 11) is 0. The average Bonchev–Trinajstić information content (AvgIpc) is 2.75. The van der Waals surface area contributed by atoms with E-state index in [-0.39, 0.29) is 11.9 Å². The van der Waals surface area contributed by atoms with Crippen molar-refractivity contribution in [3.63, 3.8) is 0 Å². The molecule has 0 aromatic carbocycles. The Balaban J connectivity index is 2.20. The van der Waals surface area contributed by atoms with Gasteiger partial charge in [-0.05, 0) is 39.5 Å². The van der Waals surface area contributed by atoms with Crippen LogP contribution < -0.4 is 5.32 Å². The highest BCUT2D eigenvalue weighted by atomic mass is 79.9. The van der Waals surface area contributed by atoms with Crippen molar-refractivity contribution in [1.29, 1.82) is 0 Å². The van der Waals surface area contributed by atoms with Crippen LogP contribution in [0.4, 0.5) is 4.39 Å². The number of halogens is 2. The third-order valence-electron chi connectivity index (χ3n) is 2.72. The fourth-order valence-corrected chi connectivity index (χ4v) is 3.46. The van der Waals surface area contributed by atoms with Crippen LogP contribution in [0.15, 0.2) is 34.2 Å². The van der Waals surface area contributed by atoms with Crippen LogP contribution in [0, 0.1) is 5.82 Å². The van der Waals surface area contributed by atoms with Crippen LogP contribution in [0.1, 0.15) is 30.5 Å². The van der Waals surface area contributed by atoms with Crippen molar-refractivity contribution in [2.45, 2.75) is 32.4 Å². The number of hydrogen-bond donors (Lipinski definition) is 1. The first-order valence-corrected chi connectivity index (χ1v) is 7.83. The van der Waals surface area contributed by atoms with Gasteiger partial charge in [0, 0.05) is 21.8 Å². The molecule has 0 saturated heterocycles. The molecule has 0 amide bonds. The van der Waals surface area contributed by atoms with E-state index in [1.54, 1.807) is 17.4 Å². The summed E-state index contributed by atoms with van der Waals surface area (Å²) in [6.45, 7) is 4.19. The molecule has 2 rings (SSSR count). The first kappa shape index (κ1) is 14.6. The molecule has 0 fully saturated rings. The van der Waals surface area contributed by atoms with Crippen molar-refractivity contribution in [2.24, 2.45) is 0 Å². The molecular formula is C14H16BrFN2S. The zero-order valence-corrected chi connectivity index (χ0v) is 13.3. The number of pyridine rings is 1. The molecule has 0 saturated carbocycles. The average molecular weight is 343 g/mol. The Bertz CT molecular complexity index is 524. The highest BCUT2D eigenvalue weighted by Crippen LogP contribution is 2.28. The Kier molecular flexibility index (Phi) is 5.07. The third kappa shape index (κ3) is 4.09. The highest BCUT2D eigenvalue weighted by molar-refractivity contribution is 9.10. The van der Waals surface area contributed by atoms with Gasteiger partial charge in [-0.1, -0.05) is 13.8 Å². The van der Waals surface area contributed by atoms with Crippen molar-refractivity contribution >= 4 is 27.3 Å². The monoisotopic (exact) mass is 342 g/mol. The Hall–Kier alpha value is -0.780. The van der Waals surface area contributed by atoms with Gasteiger partial charge in [0.25, 0.3) is 0 Å². The Morgan fingerprint density at radius 1 is 1.37 bits per heavy atom. The van der Waals surface area contributed by atoms with Crippen molar-refractivity contribution in [3.05, 3.63) is 50.6 Å². The molecule has 19 heavy (non-hydrogen) atoms. The largest absolute Gasteiger partial charge is 0.306 e. The van der Waals surface area contributed by atoms with E-state index < -0.39 is 0 Å². The normalized spacial score (nSPS) is 12.9. The second-order valence-corrected chi connectivity index (χ2v) is 6.53. The maximum absolute atomic E-state index is 13.0. The predicted octanol–water partition coefficient (Wildman–Crippen LogP) is 4.33. The minimum atomic E-state index is -0.302. The lowest BCUT2D eigenvalue weighted by Gasteiger charge is -2.20. The first-order chi connectivity index (χ1) is 9.06. The van der Waals surface area contributed by atoms with Gasteiger partial charge in [-0.25, -0.2) is 4.39 Å². The molecule has 102 valence electrons. The summed E-state index contributed by atoms with van der Waals surface area (Å²) in [5, 5.41) is 5.54. The minimum Gasteiger partial charge on any atom is -0.306 e. The van der Waals surface area contributed by atoms with Gasteiger partial charge >= 0.3 is 0 Å². The van der Waals surface area contributed by atoms with E-state index in [0.29, 0.717) is 6.04 Å². The van der Waals surface area contributed by atoms with Gasteiger partial charge in [0.2, 0.25) is 0 Å². The molecule has 1 unspecified atom stereocenters. The fraction of sp³-hybridized carbons (Fsp3) is 0.357. The Morgan fingerprint density at radius 3 is 2.68 bits per heavy atom. The summed E-state index contributed by atoms with van der Waals surface area (Å²) in [6, 6.07) is 5.69. The summed E-state index contributed by atoms with van der Waals surface area (Å²) < 4.78 is 14.1. The molecule has 0 radical (unpaired) electrons. The third-order valence-corrected chi connectivity index (χ3v) is 4.67. The van der Waals surface area contributed by atoms with Crippen LogP contribution >= 0.6 is 27.3 Å². The molecule has 0 aliphatic rings. The molecule has 1 atom stereocenters. The zero-order chi connectivity index (χ0) is 13.8. The molecule has 2 aromatic rings. The zero-order valence-electron chi connectivity index (χ0n) is 10.9. The van der Waals surface area contributed by atoms with Gasteiger partial charge in [-0.15, -0.1) is 11.3 Å². The number of aromatic nitrogens is 1. The topological polar surface area (TPSA) is 24.9 Å². The SMILES string of the molecule is CC(C)NC(Cc1sccc1Br)c1ccc(F)cn1. The quantitative estimate of drug-likeness (QED) is 0.874. The second kappa shape index (κ2) is 6.59. The summed E-state index contributed by atoms with van der Waals surface area (Å²) in [6.07, 6.45) is 2.11. The van der Waals surface area contributed by atoms with E-state index in [0.717, 1.165) is 16.6 Å². The maximum atomic E-state index is 13.0. The van der Waals surface area contributed by atoms with Gasteiger partial charge in [-0.2, -0.15) is 0 Å². The lowest BCUT2D eigenvalue weighted by molar-refractivity contribution is 0.466. The van der Waals surface area contributed by atoms with Crippen LogP contribution in [0.25, 0.3) is 0 Å². The number of nitrogens with one attached hydrogen (secondary N) is 1. The molecule has 2 aromatic heterocycles. The lowest BCUT2D eigenvalue weighted by Crippen LogP contribution is -2.30. The van der Waals surface area contributed by atoms with E-state index in [4.69, 9.17) is 0 Å². The number of rotatable bonds is 5. The number of hydrogen-bond acceptors (Lipinski definition) is 3. The van der Waals surface area contributed by atoms with Gasteiger partial charge in [0.15, 0.2) is 0 Å². The van der Waals surface area contributed by atoms with E-state index >= 15 is 0 Å². The van der Waals surface area contributed by atoms with Gasteiger partial charge in [0.1, 0.15) is 5.82 Å². The maximum Gasteiger partial charge on any atom is 0.141 e. The molecule has 2 nitrogen and oxygen atoms in total. The smallest absolute Gasteiger partial charge is 0.141 e. The van der Waals surface area contributed by atoms with E-state index in [1.807, 2.05) is 6.07 Å². The summed E-state index contributed by atoms with van der Waals surface area (Å²) >= 11 is 5.26. The molecule has 0 aliphatic carbocycles. The molecule has 5 heteroatoms. The van der Waals surface area contributed by atoms with Crippen LogP contribution in [-0.2, 0) is 6.42 Å². The van der Waals surface area contributed by atoms with E-state index in [9.17, 15) is 4.39 Å². The molecule has 1 N–H and O–H groups in total. The Labute approximate surface area is 125 Å². The van der Waals surface area contributed by atoms with Crippen molar-refractivity contribution in [2.75, 3.05) is 0 Å². The lowest BCUT2D eigenvalue weighted by atomic mass is 10.1. The van der Waals surface area contributed by atoms with Crippen LogP contribution in [0.3, 0.4) is 0 Å². The standard InChI is InChI=1S/C14H16BrFN2S/c1-9(2)18-13(7-14-11(15)5-6-19-14)12-4-3-10(16)8-17-12/h3-6,8-9,13,18H,7H2,1-2H3. The number of nitrogens with zero attached hydrogens (tertiary/aromatic N) is 1. The molecule has 0 spiro atoms. The van der Waals surface area contributed by atoms with E-state index in [2.05, 4.69) is 45.5 Å². The summed E-state index contributed by atoms with van der Waals surface area (Å²) in [4.78, 5) is 5.46.